The van der Waals surface area contributed by atoms with Crippen LogP contribution in [0.4, 0.5) is 13.2 Å². The van der Waals surface area contributed by atoms with Gasteiger partial charge in [0, 0.05) is 0 Å². The predicted molar refractivity (Wildman–Crippen MR) is 36.6 cm³/mol. The molecule has 0 saturated carbocycles. The molecule has 12 heavy (non-hydrogen) atoms. The van der Waals surface area contributed by atoms with Crippen molar-refractivity contribution < 1.29 is 17.7 Å². The van der Waals surface area contributed by atoms with Crippen LogP contribution >= 0.6 is 15.9 Å². The Morgan fingerprint density at radius 1 is 1.50 bits per heavy atom. The average molecular weight is 245 g/mol. The van der Waals surface area contributed by atoms with Crippen molar-refractivity contribution in [1.29, 1.82) is 0 Å². The van der Waals surface area contributed by atoms with Crippen molar-refractivity contribution in [2.24, 2.45) is 0 Å². The van der Waals surface area contributed by atoms with E-state index in [9.17, 15) is 13.2 Å². The van der Waals surface area contributed by atoms with Crippen LogP contribution < -0.4 is 0 Å². The minimum Gasteiger partial charge on any atom is -0.338 e. The van der Waals surface area contributed by atoms with Crippen molar-refractivity contribution in [2.45, 2.75) is 17.9 Å². The molecule has 1 heterocycles. The third-order valence-electron chi connectivity index (χ3n) is 1.04. The molecule has 0 saturated heterocycles. The largest absolute Gasteiger partial charge is 0.455 e. The van der Waals surface area contributed by atoms with Gasteiger partial charge in [-0.1, -0.05) is 21.1 Å². The normalized spacial score (nSPS) is 14.8. The summed E-state index contributed by atoms with van der Waals surface area (Å²) in [5.41, 5.74) is 0. The summed E-state index contributed by atoms with van der Waals surface area (Å²) >= 11 is 3.00. The fraction of sp³-hybridized carbons (Fsp3) is 0.600. The topological polar surface area (TPSA) is 38.9 Å². The maximum Gasteiger partial charge on any atom is 0.455 e. The lowest BCUT2D eigenvalue weighted by Crippen LogP contribution is -2.07. The highest BCUT2D eigenvalue weighted by molar-refractivity contribution is 9.09. The summed E-state index contributed by atoms with van der Waals surface area (Å²) in [5.74, 6) is -1.33. The molecule has 3 nitrogen and oxygen atoms in total. The zero-order valence-corrected chi connectivity index (χ0v) is 7.48. The van der Waals surface area contributed by atoms with Gasteiger partial charge in [-0.05, 0) is 6.92 Å². The summed E-state index contributed by atoms with van der Waals surface area (Å²) in [5, 5.41) is 2.77. The maximum atomic E-state index is 11.9. The van der Waals surface area contributed by atoms with Crippen LogP contribution in [0, 0.1) is 0 Å². The van der Waals surface area contributed by atoms with Crippen LogP contribution in [0.15, 0.2) is 4.52 Å². The molecule has 1 aromatic rings. The number of halogens is 4. The highest BCUT2D eigenvalue weighted by atomic mass is 79.9. The fourth-order valence-corrected chi connectivity index (χ4v) is 0.698. The van der Waals surface area contributed by atoms with Crippen LogP contribution in [0.1, 0.15) is 23.5 Å². The minimum atomic E-state index is -4.54. The van der Waals surface area contributed by atoms with Crippen LogP contribution in [0.25, 0.3) is 0 Å². The van der Waals surface area contributed by atoms with Gasteiger partial charge in [-0.3, -0.25) is 0 Å². The van der Waals surface area contributed by atoms with Crippen molar-refractivity contribution in [3.8, 4) is 0 Å². The zero-order chi connectivity index (χ0) is 9.35. The lowest BCUT2D eigenvalue weighted by Gasteiger charge is -1.96. The Morgan fingerprint density at radius 3 is 2.33 bits per heavy atom. The fourth-order valence-electron chi connectivity index (χ4n) is 0.512. The molecule has 0 fully saturated rings. The first-order valence-corrected chi connectivity index (χ1v) is 3.87. The van der Waals surface area contributed by atoms with E-state index in [0.29, 0.717) is 0 Å². The first-order chi connectivity index (χ1) is 5.41. The van der Waals surface area contributed by atoms with Gasteiger partial charge in [-0.25, -0.2) is 0 Å². The van der Waals surface area contributed by atoms with E-state index in [2.05, 4.69) is 30.6 Å². The van der Waals surface area contributed by atoms with E-state index in [0.717, 1.165) is 0 Å². The Morgan fingerprint density at radius 2 is 2.08 bits per heavy atom. The minimum absolute atomic E-state index is 0.0812. The molecule has 0 radical (unpaired) electrons. The molecule has 0 aliphatic heterocycles. The molecule has 1 rings (SSSR count). The van der Waals surface area contributed by atoms with Crippen LogP contribution in [0.5, 0.6) is 0 Å². The van der Waals surface area contributed by atoms with E-state index in [4.69, 9.17) is 0 Å². The molecule has 0 amide bonds. The van der Waals surface area contributed by atoms with Gasteiger partial charge in [0.25, 0.3) is 5.82 Å². The second-order valence-electron chi connectivity index (χ2n) is 2.07. The third-order valence-corrected chi connectivity index (χ3v) is 1.43. The molecule has 0 aliphatic carbocycles. The summed E-state index contributed by atoms with van der Waals surface area (Å²) in [6, 6.07) is 0. The molecule has 0 N–H and O–H groups in total. The Balaban J connectivity index is 2.92. The molecule has 0 aliphatic rings. The monoisotopic (exact) mass is 244 g/mol. The van der Waals surface area contributed by atoms with Gasteiger partial charge in [0.2, 0.25) is 5.89 Å². The number of aromatic nitrogens is 2. The molecular weight excluding hydrogens is 241 g/mol. The van der Waals surface area contributed by atoms with Gasteiger partial charge < -0.3 is 4.52 Å². The van der Waals surface area contributed by atoms with Crippen LogP contribution in [0.3, 0.4) is 0 Å². The van der Waals surface area contributed by atoms with E-state index in [1.54, 1.807) is 6.92 Å². The molecule has 1 aromatic heterocycles. The second-order valence-corrected chi connectivity index (χ2v) is 3.44. The summed E-state index contributed by atoms with van der Waals surface area (Å²) < 4.78 is 39.9. The van der Waals surface area contributed by atoms with E-state index in [1.807, 2.05) is 0 Å². The quantitative estimate of drug-likeness (QED) is 0.713. The maximum absolute atomic E-state index is 11.9. The highest BCUT2D eigenvalue weighted by Crippen LogP contribution is 2.28. The van der Waals surface area contributed by atoms with Crippen molar-refractivity contribution in [1.82, 2.24) is 10.1 Å². The first-order valence-electron chi connectivity index (χ1n) is 2.96. The molecule has 68 valence electrons. The van der Waals surface area contributed by atoms with Crippen molar-refractivity contribution >= 4 is 15.9 Å². The molecule has 1 atom stereocenters. The molecule has 0 spiro atoms. The molecular formula is C5H4BrF3N2O. The Bertz CT molecular complexity index is 270. The van der Waals surface area contributed by atoms with Crippen molar-refractivity contribution in [3.63, 3.8) is 0 Å². The summed E-state index contributed by atoms with van der Waals surface area (Å²) in [7, 11) is 0. The molecule has 0 bridgehead atoms. The number of rotatable bonds is 1. The Kier molecular flexibility index (Phi) is 2.41. The predicted octanol–water partition coefficient (Wildman–Crippen LogP) is 2.54. The molecule has 7 heteroatoms. The lowest BCUT2D eigenvalue weighted by atomic mass is 10.5. The van der Waals surface area contributed by atoms with Crippen molar-refractivity contribution in [2.75, 3.05) is 0 Å². The van der Waals surface area contributed by atoms with Crippen LogP contribution in [0.2, 0.25) is 0 Å². The average Bonchev–Trinajstić information content (AvgIpc) is 2.30. The first kappa shape index (κ1) is 9.50. The van der Waals surface area contributed by atoms with Gasteiger partial charge in [-0.15, -0.1) is 0 Å². The zero-order valence-electron chi connectivity index (χ0n) is 5.89. The van der Waals surface area contributed by atoms with Gasteiger partial charge in [0.05, 0.1) is 4.83 Å². The number of alkyl halides is 4. The highest BCUT2D eigenvalue weighted by Gasteiger charge is 2.37. The van der Waals surface area contributed by atoms with Crippen LogP contribution in [-0.4, -0.2) is 10.1 Å². The second kappa shape index (κ2) is 3.04. The van der Waals surface area contributed by atoms with Crippen LogP contribution in [-0.2, 0) is 6.18 Å². The van der Waals surface area contributed by atoms with E-state index in [1.165, 1.54) is 0 Å². The number of hydrogen-bond donors (Lipinski definition) is 0. The van der Waals surface area contributed by atoms with Gasteiger partial charge in [-0.2, -0.15) is 18.2 Å². The van der Waals surface area contributed by atoms with E-state index in [-0.39, 0.29) is 10.7 Å². The smallest absolute Gasteiger partial charge is 0.338 e. The number of hydrogen-bond acceptors (Lipinski definition) is 3. The van der Waals surface area contributed by atoms with Gasteiger partial charge in [0.1, 0.15) is 0 Å². The Labute approximate surface area is 74.1 Å². The van der Waals surface area contributed by atoms with Crippen molar-refractivity contribution in [3.05, 3.63) is 11.7 Å². The van der Waals surface area contributed by atoms with E-state index >= 15 is 0 Å². The molecule has 0 unspecified atom stereocenters. The van der Waals surface area contributed by atoms with Gasteiger partial charge in [0.15, 0.2) is 0 Å². The Hall–Kier alpha value is -0.590. The summed E-state index contributed by atoms with van der Waals surface area (Å²) in [6.45, 7) is 1.59. The number of nitrogens with zero attached hydrogens (tertiary/aromatic N) is 2. The SMILES string of the molecule is C[C@H](Br)c1nc(C(F)(F)F)no1. The summed E-state index contributed by atoms with van der Waals surface area (Å²) in [4.78, 5) is 2.76. The molecule has 0 aromatic carbocycles. The lowest BCUT2D eigenvalue weighted by molar-refractivity contribution is -0.146. The van der Waals surface area contributed by atoms with Gasteiger partial charge >= 0.3 is 6.18 Å². The summed E-state index contributed by atoms with van der Waals surface area (Å²) in [6.07, 6.45) is -4.54. The standard InChI is InChI=1S/C5H4BrF3N2O/c1-2(6)3-10-4(11-12-3)5(7,8)9/h2H,1H3/t2-/m0/s1. The third kappa shape index (κ3) is 1.96. The van der Waals surface area contributed by atoms with E-state index < -0.39 is 12.0 Å².